The van der Waals surface area contributed by atoms with Crippen molar-refractivity contribution in [3.05, 3.63) is 107 Å². The highest BCUT2D eigenvalue weighted by molar-refractivity contribution is 8.00. The molecule has 0 saturated carbocycles. The summed E-state index contributed by atoms with van der Waals surface area (Å²) >= 11 is 1.54. The molecule has 1 aliphatic heterocycles. The van der Waals surface area contributed by atoms with Crippen LogP contribution in [0.2, 0.25) is 0 Å². The van der Waals surface area contributed by atoms with E-state index in [0.717, 1.165) is 29.8 Å². The van der Waals surface area contributed by atoms with E-state index in [0.29, 0.717) is 17.9 Å². The Labute approximate surface area is 205 Å². The van der Waals surface area contributed by atoms with Gasteiger partial charge in [0.25, 0.3) is 5.91 Å². The number of hydrazone groups is 1. The van der Waals surface area contributed by atoms with Crippen LogP contribution in [-0.4, -0.2) is 35.2 Å². The number of alkyl halides is 3. The maximum atomic E-state index is 13.1. The van der Waals surface area contributed by atoms with Crippen molar-refractivity contribution in [2.24, 2.45) is 5.10 Å². The van der Waals surface area contributed by atoms with Gasteiger partial charge in [-0.25, -0.2) is 5.43 Å². The number of rotatable bonds is 7. The van der Waals surface area contributed by atoms with Gasteiger partial charge in [-0.1, -0.05) is 60.7 Å². The van der Waals surface area contributed by atoms with Crippen molar-refractivity contribution in [2.45, 2.75) is 18.0 Å². The predicted octanol–water partition coefficient (Wildman–Crippen LogP) is 5.29. The molecule has 0 aromatic heterocycles. The first kappa shape index (κ1) is 24.5. The van der Waals surface area contributed by atoms with Gasteiger partial charge in [0, 0.05) is 17.7 Å². The Balaban J connectivity index is 1.39. The Kier molecular flexibility index (Phi) is 7.55. The second-order valence-electron chi connectivity index (χ2n) is 7.89. The second-order valence-corrected chi connectivity index (χ2v) is 8.96. The van der Waals surface area contributed by atoms with E-state index < -0.39 is 17.6 Å². The summed E-state index contributed by atoms with van der Waals surface area (Å²) in [6.45, 7) is 0.594. The van der Waals surface area contributed by atoms with Crippen molar-refractivity contribution < 1.29 is 22.8 Å². The van der Waals surface area contributed by atoms with E-state index in [2.05, 4.69) is 10.5 Å². The van der Waals surface area contributed by atoms with Crippen molar-refractivity contribution in [2.75, 3.05) is 12.3 Å². The van der Waals surface area contributed by atoms with Gasteiger partial charge in [0.2, 0.25) is 5.91 Å². The average molecular weight is 498 g/mol. The predicted molar refractivity (Wildman–Crippen MR) is 130 cm³/mol. The first-order valence-corrected chi connectivity index (χ1v) is 11.9. The van der Waals surface area contributed by atoms with Crippen molar-refractivity contribution in [1.82, 2.24) is 10.3 Å². The quantitative estimate of drug-likeness (QED) is 0.357. The van der Waals surface area contributed by atoms with E-state index in [4.69, 9.17) is 0 Å². The average Bonchev–Trinajstić information content (AvgIpc) is 3.23. The van der Waals surface area contributed by atoms with Crippen LogP contribution in [0.15, 0.2) is 84.0 Å². The minimum atomic E-state index is -4.52. The van der Waals surface area contributed by atoms with Crippen LogP contribution in [0.3, 0.4) is 0 Å². The summed E-state index contributed by atoms with van der Waals surface area (Å²) in [5.41, 5.74) is 3.64. The van der Waals surface area contributed by atoms with E-state index in [-0.39, 0.29) is 16.8 Å². The van der Waals surface area contributed by atoms with Crippen LogP contribution in [0.1, 0.15) is 38.0 Å². The monoisotopic (exact) mass is 497 g/mol. The zero-order chi connectivity index (χ0) is 24.8. The van der Waals surface area contributed by atoms with Crippen LogP contribution in [0.25, 0.3) is 0 Å². The molecule has 0 spiro atoms. The SMILES string of the molecule is O=C(N/N=C\c1ccccc1C(F)(F)F)c1ccc([C@@H]2SCC(=O)N2CCc2ccccc2)cc1. The van der Waals surface area contributed by atoms with E-state index in [1.165, 1.54) is 30.0 Å². The molecule has 1 N–H and O–H groups in total. The molecule has 1 saturated heterocycles. The highest BCUT2D eigenvalue weighted by Gasteiger charge is 2.33. The molecular formula is C26H22F3N3O2S. The Hall–Kier alpha value is -3.59. The summed E-state index contributed by atoms with van der Waals surface area (Å²) in [6, 6.07) is 21.7. The van der Waals surface area contributed by atoms with Crippen molar-refractivity contribution in [3.63, 3.8) is 0 Å². The summed E-state index contributed by atoms with van der Waals surface area (Å²) < 4.78 is 39.2. The smallest absolute Gasteiger partial charge is 0.326 e. The number of amides is 2. The fourth-order valence-corrected chi connectivity index (χ4v) is 4.98. The molecule has 1 atom stereocenters. The van der Waals surface area contributed by atoms with Gasteiger partial charge in [0.1, 0.15) is 5.37 Å². The highest BCUT2D eigenvalue weighted by Crippen LogP contribution is 2.38. The Bertz CT molecular complexity index is 1210. The fraction of sp³-hybridized carbons (Fsp3) is 0.192. The normalized spacial score (nSPS) is 16.1. The van der Waals surface area contributed by atoms with Crippen LogP contribution in [0.4, 0.5) is 13.2 Å². The molecule has 0 unspecified atom stereocenters. The summed E-state index contributed by atoms with van der Waals surface area (Å²) in [7, 11) is 0. The molecule has 0 radical (unpaired) electrons. The molecule has 1 aliphatic rings. The van der Waals surface area contributed by atoms with Gasteiger partial charge in [-0.05, 0) is 35.7 Å². The molecular weight excluding hydrogens is 475 g/mol. The standard InChI is InChI=1S/C26H22F3N3O2S/c27-26(28,29)22-9-5-4-8-21(22)16-30-31-24(34)19-10-12-20(13-11-19)25-32(23(33)17-35-25)15-14-18-6-2-1-3-7-18/h1-13,16,25H,14-15,17H2,(H,31,34)/b30-16-/t25-/m0/s1. The first-order valence-electron chi connectivity index (χ1n) is 10.9. The molecule has 2 amide bonds. The number of benzene rings is 3. The highest BCUT2D eigenvalue weighted by atomic mass is 32.2. The van der Waals surface area contributed by atoms with Crippen LogP contribution in [0.5, 0.6) is 0 Å². The van der Waals surface area contributed by atoms with Crippen LogP contribution >= 0.6 is 11.8 Å². The zero-order valence-electron chi connectivity index (χ0n) is 18.5. The summed E-state index contributed by atoms with van der Waals surface area (Å²) in [5.74, 6) is -0.0740. The van der Waals surface area contributed by atoms with Gasteiger partial charge in [0.05, 0.1) is 17.5 Å². The van der Waals surface area contributed by atoms with E-state index in [1.807, 2.05) is 35.2 Å². The lowest BCUT2D eigenvalue weighted by molar-refractivity contribution is -0.137. The molecule has 0 bridgehead atoms. The lowest BCUT2D eigenvalue weighted by Gasteiger charge is -2.24. The third-order valence-electron chi connectivity index (χ3n) is 5.55. The van der Waals surface area contributed by atoms with Crippen molar-refractivity contribution >= 4 is 29.8 Å². The van der Waals surface area contributed by atoms with Crippen LogP contribution < -0.4 is 5.43 Å². The molecule has 1 heterocycles. The number of hydrogen-bond donors (Lipinski definition) is 1. The van der Waals surface area contributed by atoms with E-state index >= 15 is 0 Å². The molecule has 1 fully saturated rings. The summed E-state index contributed by atoms with van der Waals surface area (Å²) in [4.78, 5) is 26.7. The van der Waals surface area contributed by atoms with Crippen LogP contribution in [0, 0.1) is 0 Å². The third kappa shape index (κ3) is 6.10. The lowest BCUT2D eigenvalue weighted by Crippen LogP contribution is -2.30. The Morgan fingerprint density at radius 2 is 1.71 bits per heavy atom. The van der Waals surface area contributed by atoms with Gasteiger partial charge in [-0.3, -0.25) is 9.59 Å². The molecule has 4 rings (SSSR count). The minimum absolute atomic E-state index is 0.0752. The maximum absolute atomic E-state index is 13.1. The number of carbonyl (C=O) groups is 2. The molecule has 3 aromatic carbocycles. The van der Waals surface area contributed by atoms with Gasteiger partial charge in [-0.2, -0.15) is 18.3 Å². The third-order valence-corrected chi connectivity index (χ3v) is 6.80. The number of nitrogens with zero attached hydrogens (tertiary/aromatic N) is 2. The fourth-order valence-electron chi connectivity index (χ4n) is 3.76. The lowest BCUT2D eigenvalue weighted by atomic mass is 10.1. The molecule has 5 nitrogen and oxygen atoms in total. The van der Waals surface area contributed by atoms with Crippen LogP contribution in [-0.2, 0) is 17.4 Å². The largest absolute Gasteiger partial charge is 0.417 e. The van der Waals surface area contributed by atoms with Gasteiger partial charge < -0.3 is 4.90 Å². The molecule has 3 aromatic rings. The first-order chi connectivity index (χ1) is 16.8. The molecule has 180 valence electrons. The van der Waals surface area contributed by atoms with Gasteiger partial charge >= 0.3 is 6.18 Å². The summed E-state index contributed by atoms with van der Waals surface area (Å²) in [6.07, 6.45) is -2.79. The van der Waals surface area contributed by atoms with Crippen molar-refractivity contribution in [1.29, 1.82) is 0 Å². The number of thioether (sulfide) groups is 1. The number of hydrogen-bond acceptors (Lipinski definition) is 4. The number of nitrogens with one attached hydrogen (secondary N) is 1. The van der Waals surface area contributed by atoms with E-state index in [1.54, 1.807) is 24.3 Å². The number of carbonyl (C=O) groups excluding carboxylic acids is 2. The second kappa shape index (κ2) is 10.8. The molecule has 9 heteroatoms. The Morgan fingerprint density at radius 1 is 1.03 bits per heavy atom. The Morgan fingerprint density at radius 3 is 2.43 bits per heavy atom. The minimum Gasteiger partial charge on any atom is -0.326 e. The molecule has 0 aliphatic carbocycles. The topological polar surface area (TPSA) is 61.8 Å². The number of halogens is 3. The summed E-state index contributed by atoms with van der Waals surface area (Å²) in [5, 5.41) is 3.55. The van der Waals surface area contributed by atoms with Gasteiger partial charge in [-0.15, -0.1) is 11.8 Å². The van der Waals surface area contributed by atoms with Crippen molar-refractivity contribution in [3.8, 4) is 0 Å². The maximum Gasteiger partial charge on any atom is 0.417 e. The van der Waals surface area contributed by atoms with Gasteiger partial charge in [0.15, 0.2) is 0 Å². The van der Waals surface area contributed by atoms with E-state index in [9.17, 15) is 22.8 Å². The zero-order valence-corrected chi connectivity index (χ0v) is 19.4. The molecule has 35 heavy (non-hydrogen) atoms.